The zero-order valence-electron chi connectivity index (χ0n) is 11.0. The number of hydrogen-bond acceptors (Lipinski definition) is 4. The number of hydrogen-bond donors (Lipinski definition) is 2. The third kappa shape index (κ3) is 6.48. The fourth-order valence-corrected chi connectivity index (χ4v) is 1.84. The molecule has 17 heavy (non-hydrogen) atoms. The van der Waals surface area contributed by atoms with Gasteiger partial charge >= 0.3 is 6.09 Å². The van der Waals surface area contributed by atoms with Crippen LogP contribution in [0.2, 0.25) is 0 Å². The summed E-state index contributed by atoms with van der Waals surface area (Å²) in [6.45, 7) is 8.39. The van der Waals surface area contributed by atoms with Gasteiger partial charge in [0.2, 0.25) is 0 Å². The molecule has 0 aliphatic carbocycles. The molecule has 1 fully saturated rings. The highest BCUT2D eigenvalue weighted by Gasteiger charge is 2.19. The van der Waals surface area contributed by atoms with E-state index in [1.54, 1.807) is 0 Å². The van der Waals surface area contributed by atoms with Crippen molar-refractivity contribution in [2.24, 2.45) is 0 Å². The lowest BCUT2D eigenvalue weighted by molar-refractivity contribution is 0.0475. The molecule has 1 unspecified atom stereocenters. The molecule has 1 aliphatic rings. The highest BCUT2D eigenvalue weighted by molar-refractivity contribution is 5.67. The van der Waals surface area contributed by atoms with E-state index < -0.39 is 17.8 Å². The van der Waals surface area contributed by atoms with Gasteiger partial charge in [-0.1, -0.05) is 0 Å². The lowest BCUT2D eigenvalue weighted by Gasteiger charge is -2.22. The number of aliphatic hydroxyl groups is 1. The van der Waals surface area contributed by atoms with Crippen molar-refractivity contribution >= 4 is 6.09 Å². The van der Waals surface area contributed by atoms with Crippen molar-refractivity contribution in [1.29, 1.82) is 0 Å². The van der Waals surface area contributed by atoms with Crippen molar-refractivity contribution in [2.45, 2.75) is 45.3 Å². The number of carbonyl (C=O) groups excluding carboxylic acids is 1. The van der Waals surface area contributed by atoms with E-state index in [4.69, 9.17) is 4.74 Å². The fourth-order valence-electron chi connectivity index (χ4n) is 1.84. The van der Waals surface area contributed by atoms with Gasteiger partial charge in [-0.3, -0.25) is 0 Å². The smallest absolute Gasteiger partial charge is 0.407 e. The van der Waals surface area contributed by atoms with Crippen molar-refractivity contribution in [3.8, 4) is 0 Å². The topological polar surface area (TPSA) is 61.8 Å². The van der Waals surface area contributed by atoms with Gasteiger partial charge in [0, 0.05) is 13.1 Å². The van der Waals surface area contributed by atoms with Crippen LogP contribution in [0.4, 0.5) is 4.79 Å². The number of amides is 1. The normalized spacial score (nSPS) is 19.1. The maximum Gasteiger partial charge on any atom is 0.407 e. The van der Waals surface area contributed by atoms with Gasteiger partial charge in [-0.2, -0.15) is 0 Å². The SMILES string of the molecule is CC(C)(C)OC(=O)NCC(O)CN1CCCC1. The van der Waals surface area contributed by atoms with Crippen molar-refractivity contribution in [3.63, 3.8) is 0 Å². The summed E-state index contributed by atoms with van der Waals surface area (Å²) in [5.41, 5.74) is -0.496. The number of β-amino-alcohol motifs (C(OH)–C–C–N with tert-alkyl or cyclic N) is 1. The first-order valence-corrected chi connectivity index (χ1v) is 6.24. The zero-order valence-corrected chi connectivity index (χ0v) is 11.0. The van der Waals surface area contributed by atoms with Crippen LogP contribution in [0.5, 0.6) is 0 Å². The lowest BCUT2D eigenvalue weighted by atomic mass is 10.2. The second-order valence-corrected chi connectivity index (χ2v) is 5.54. The van der Waals surface area contributed by atoms with Crippen LogP contribution in [0.1, 0.15) is 33.6 Å². The summed E-state index contributed by atoms with van der Waals surface area (Å²) in [6, 6.07) is 0. The van der Waals surface area contributed by atoms with Gasteiger partial charge in [-0.05, 0) is 46.7 Å². The van der Waals surface area contributed by atoms with Crippen molar-refractivity contribution in [2.75, 3.05) is 26.2 Å². The lowest BCUT2D eigenvalue weighted by Crippen LogP contribution is -2.41. The number of likely N-dealkylation sites (tertiary alicyclic amines) is 1. The number of alkyl carbamates (subject to hydrolysis) is 1. The van der Waals surface area contributed by atoms with Crippen LogP contribution in [0.3, 0.4) is 0 Å². The van der Waals surface area contributed by atoms with Crippen LogP contribution in [0.15, 0.2) is 0 Å². The Bertz CT molecular complexity index is 245. The van der Waals surface area contributed by atoms with Crippen LogP contribution in [0, 0.1) is 0 Å². The third-order valence-electron chi connectivity index (χ3n) is 2.55. The number of ether oxygens (including phenoxy) is 1. The van der Waals surface area contributed by atoms with E-state index in [2.05, 4.69) is 10.2 Å². The van der Waals surface area contributed by atoms with Crippen molar-refractivity contribution in [1.82, 2.24) is 10.2 Å². The Kier molecular flexibility index (Phi) is 5.21. The van der Waals surface area contributed by atoms with Crippen LogP contribution in [-0.4, -0.2) is 54.0 Å². The van der Waals surface area contributed by atoms with Crippen molar-refractivity contribution in [3.05, 3.63) is 0 Å². The van der Waals surface area contributed by atoms with E-state index in [9.17, 15) is 9.90 Å². The maximum atomic E-state index is 11.3. The van der Waals surface area contributed by atoms with Gasteiger partial charge < -0.3 is 20.1 Å². The largest absolute Gasteiger partial charge is 0.444 e. The Balaban J connectivity index is 2.14. The molecule has 0 bridgehead atoms. The standard InChI is InChI=1S/C12H24N2O3/c1-12(2,3)17-11(16)13-8-10(15)9-14-6-4-5-7-14/h10,15H,4-9H2,1-3H3,(H,13,16). The molecule has 0 aromatic carbocycles. The number of nitrogens with zero attached hydrogens (tertiary/aromatic N) is 1. The molecule has 1 heterocycles. The molecule has 0 aromatic heterocycles. The van der Waals surface area contributed by atoms with E-state index in [0.717, 1.165) is 13.1 Å². The molecule has 1 aliphatic heterocycles. The molecule has 1 amide bonds. The average molecular weight is 244 g/mol. The predicted molar refractivity (Wildman–Crippen MR) is 65.9 cm³/mol. The molecule has 1 atom stereocenters. The Morgan fingerprint density at radius 3 is 2.53 bits per heavy atom. The van der Waals surface area contributed by atoms with Gasteiger partial charge in [-0.15, -0.1) is 0 Å². The minimum atomic E-state index is -0.527. The van der Waals surface area contributed by atoms with E-state index in [-0.39, 0.29) is 6.54 Å². The summed E-state index contributed by atoms with van der Waals surface area (Å²) in [5, 5.41) is 12.3. The molecular weight excluding hydrogens is 220 g/mol. The van der Waals surface area contributed by atoms with Gasteiger partial charge in [-0.25, -0.2) is 4.79 Å². The van der Waals surface area contributed by atoms with Crippen LogP contribution < -0.4 is 5.32 Å². The van der Waals surface area contributed by atoms with E-state index in [0.29, 0.717) is 6.54 Å². The van der Waals surface area contributed by atoms with Crippen LogP contribution in [-0.2, 0) is 4.74 Å². The highest BCUT2D eigenvalue weighted by Crippen LogP contribution is 2.08. The van der Waals surface area contributed by atoms with Gasteiger partial charge in [0.1, 0.15) is 5.60 Å². The molecule has 1 rings (SSSR count). The molecule has 5 nitrogen and oxygen atoms in total. The van der Waals surface area contributed by atoms with Crippen LogP contribution in [0.25, 0.3) is 0 Å². The third-order valence-corrected chi connectivity index (χ3v) is 2.55. The quantitative estimate of drug-likeness (QED) is 0.773. The maximum absolute atomic E-state index is 11.3. The van der Waals surface area contributed by atoms with Gasteiger partial charge in [0.15, 0.2) is 0 Å². The van der Waals surface area contributed by atoms with Gasteiger partial charge in [0.25, 0.3) is 0 Å². The molecule has 0 spiro atoms. The second-order valence-electron chi connectivity index (χ2n) is 5.54. The van der Waals surface area contributed by atoms with E-state index >= 15 is 0 Å². The number of carbonyl (C=O) groups is 1. The van der Waals surface area contributed by atoms with Crippen LogP contribution >= 0.6 is 0 Å². The summed E-state index contributed by atoms with van der Waals surface area (Å²) in [7, 11) is 0. The molecule has 0 radical (unpaired) electrons. The molecule has 0 aromatic rings. The minimum absolute atomic E-state index is 0.241. The zero-order chi connectivity index (χ0) is 12.9. The summed E-state index contributed by atoms with van der Waals surface area (Å²) < 4.78 is 5.08. The highest BCUT2D eigenvalue weighted by atomic mass is 16.6. The Morgan fingerprint density at radius 1 is 1.41 bits per heavy atom. The molecule has 5 heteroatoms. The average Bonchev–Trinajstić information content (AvgIpc) is 2.64. The summed E-state index contributed by atoms with van der Waals surface area (Å²) in [5.74, 6) is 0. The monoisotopic (exact) mass is 244 g/mol. The molecule has 1 saturated heterocycles. The summed E-state index contributed by atoms with van der Waals surface area (Å²) in [4.78, 5) is 13.6. The fraction of sp³-hybridized carbons (Fsp3) is 0.917. The van der Waals surface area contributed by atoms with E-state index in [1.807, 2.05) is 20.8 Å². The Labute approximate surface area is 103 Å². The number of nitrogens with one attached hydrogen (secondary N) is 1. The van der Waals surface area contributed by atoms with Crippen molar-refractivity contribution < 1.29 is 14.6 Å². The Morgan fingerprint density at radius 2 is 2.00 bits per heavy atom. The summed E-state index contributed by atoms with van der Waals surface area (Å²) >= 11 is 0. The Hall–Kier alpha value is -0.810. The second kappa shape index (κ2) is 6.21. The first kappa shape index (κ1) is 14.3. The molecular formula is C12H24N2O3. The molecule has 2 N–H and O–H groups in total. The number of aliphatic hydroxyl groups excluding tert-OH is 1. The summed E-state index contributed by atoms with van der Waals surface area (Å²) in [6.07, 6.45) is 1.40. The first-order valence-electron chi connectivity index (χ1n) is 6.24. The first-order chi connectivity index (χ1) is 7.87. The van der Waals surface area contributed by atoms with E-state index in [1.165, 1.54) is 12.8 Å². The molecule has 100 valence electrons. The number of rotatable bonds is 4. The molecule has 0 saturated carbocycles. The minimum Gasteiger partial charge on any atom is -0.444 e. The van der Waals surface area contributed by atoms with Gasteiger partial charge in [0.05, 0.1) is 6.10 Å². The predicted octanol–water partition coefficient (Wildman–Crippen LogP) is 0.968.